The van der Waals surface area contributed by atoms with Crippen LogP contribution in [-0.4, -0.2) is 40.6 Å². The Morgan fingerprint density at radius 2 is 1.80 bits per heavy atom. The Kier molecular flexibility index (Phi) is 4.57. The van der Waals surface area contributed by atoms with Crippen molar-refractivity contribution in [1.82, 2.24) is 4.90 Å². The Morgan fingerprint density at radius 3 is 2.00 bits per heavy atom. The standard InChI is InChI=1S/C8H12F3NO3/c1-3-5(6(13)14)12(4-2)7(15)8(9,10)11/h5H,3-4H2,1-2H3,(H,13,14). The minimum absolute atomic E-state index is 0.0645. The first kappa shape index (κ1) is 13.7. The molecule has 0 aromatic carbocycles. The minimum atomic E-state index is -5.03. The zero-order chi connectivity index (χ0) is 12.2. The van der Waals surface area contributed by atoms with Crippen LogP contribution < -0.4 is 0 Å². The first-order valence-electron chi connectivity index (χ1n) is 4.36. The maximum atomic E-state index is 12.1. The second-order valence-corrected chi connectivity index (χ2v) is 2.85. The molecule has 0 aromatic rings. The number of nitrogens with zero attached hydrogens (tertiary/aromatic N) is 1. The van der Waals surface area contributed by atoms with E-state index in [9.17, 15) is 22.8 Å². The molecule has 1 amide bonds. The summed E-state index contributed by atoms with van der Waals surface area (Å²) in [5, 5.41) is 8.63. The number of aliphatic carboxylic acids is 1. The van der Waals surface area contributed by atoms with Gasteiger partial charge in [-0.25, -0.2) is 4.79 Å². The topological polar surface area (TPSA) is 57.6 Å². The van der Waals surface area contributed by atoms with E-state index < -0.39 is 24.1 Å². The van der Waals surface area contributed by atoms with Crippen LogP contribution in [0.2, 0.25) is 0 Å². The molecule has 0 saturated carbocycles. The number of halogens is 3. The fourth-order valence-electron chi connectivity index (χ4n) is 1.20. The van der Waals surface area contributed by atoms with Crippen molar-refractivity contribution in [2.24, 2.45) is 0 Å². The lowest BCUT2D eigenvalue weighted by molar-refractivity contribution is -0.189. The van der Waals surface area contributed by atoms with Crippen LogP contribution in [0.25, 0.3) is 0 Å². The van der Waals surface area contributed by atoms with Crippen molar-refractivity contribution < 1.29 is 27.9 Å². The first-order chi connectivity index (χ1) is 6.75. The minimum Gasteiger partial charge on any atom is -0.480 e. The van der Waals surface area contributed by atoms with Gasteiger partial charge in [-0.15, -0.1) is 0 Å². The van der Waals surface area contributed by atoms with E-state index in [2.05, 4.69) is 0 Å². The number of alkyl halides is 3. The first-order valence-corrected chi connectivity index (χ1v) is 4.36. The van der Waals surface area contributed by atoms with Crippen LogP contribution in [0.15, 0.2) is 0 Å². The third-order valence-electron chi connectivity index (χ3n) is 1.89. The van der Waals surface area contributed by atoms with Gasteiger partial charge in [-0.3, -0.25) is 4.79 Å². The van der Waals surface area contributed by atoms with Crippen molar-refractivity contribution >= 4 is 11.9 Å². The van der Waals surface area contributed by atoms with Gasteiger partial charge in [0.15, 0.2) is 0 Å². The van der Waals surface area contributed by atoms with E-state index in [4.69, 9.17) is 5.11 Å². The third kappa shape index (κ3) is 3.41. The van der Waals surface area contributed by atoms with Crippen LogP contribution in [0.3, 0.4) is 0 Å². The van der Waals surface area contributed by atoms with Crippen LogP contribution in [0.4, 0.5) is 13.2 Å². The smallest absolute Gasteiger partial charge is 0.471 e. The number of carbonyl (C=O) groups excluding carboxylic acids is 1. The van der Waals surface area contributed by atoms with E-state index in [0.717, 1.165) is 0 Å². The van der Waals surface area contributed by atoms with E-state index in [0.29, 0.717) is 4.90 Å². The maximum Gasteiger partial charge on any atom is 0.471 e. The van der Waals surface area contributed by atoms with E-state index >= 15 is 0 Å². The lowest BCUT2D eigenvalue weighted by Crippen LogP contribution is -2.49. The zero-order valence-corrected chi connectivity index (χ0v) is 8.34. The van der Waals surface area contributed by atoms with Gasteiger partial charge in [-0.2, -0.15) is 13.2 Å². The van der Waals surface area contributed by atoms with Gasteiger partial charge < -0.3 is 10.0 Å². The molecule has 0 bridgehead atoms. The Bertz CT molecular complexity index is 252. The van der Waals surface area contributed by atoms with Crippen molar-refractivity contribution in [1.29, 1.82) is 0 Å². The maximum absolute atomic E-state index is 12.1. The molecule has 0 heterocycles. The largest absolute Gasteiger partial charge is 0.480 e. The molecule has 4 nitrogen and oxygen atoms in total. The van der Waals surface area contributed by atoms with E-state index in [-0.39, 0.29) is 13.0 Å². The summed E-state index contributed by atoms with van der Waals surface area (Å²) < 4.78 is 36.2. The normalized spacial score (nSPS) is 13.4. The summed E-state index contributed by atoms with van der Waals surface area (Å²) in [4.78, 5) is 21.7. The molecule has 1 N–H and O–H groups in total. The number of amides is 1. The highest BCUT2D eigenvalue weighted by molar-refractivity contribution is 5.87. The van der Waals surface area contributed by atoms with Gasteiger partial charge in [0.2, 0.25) is 0 Å². The average Bonchev–Trinajstić information content (AvgIpc) is 2.10. The van der Waals surface area contributed by atoms with E-state index in [1.165, 1.54) is 13.8 Å². The summed E-state index contributed by atoms with van der Waals surface area (Å²) in [6.07, 6.45) is -5.09. The van der Waals surface area contributed by atoms with Crippen molar-refractivity contribution in [2.45, 2.75) is 32.5 Å². The second-order valence-electron chi connectivity index (χ2n) is 2.85. The molecular formula is C8H12F3NO3. The zero-order valence-electron chi connectivity index (χ0n) is 8.34. The molecule has 0 aliphatic carbocycles. The quantitative estimate of drug-likeness (QED) is 0.786. The van der Waals surface area contributed by atoms with E-state index in [1.54, 1.807) is 0 Å². The van der Waals surface area contributed by atoms with Gasteiger partial charge in [0.25, 0.3) is 0 Å². The van der Waals surface area contributed by atoms with E-state index in [1.807, 2.05) is 0 Å². The fraction of sp³-hybridized carbons (Fsp3) is 0.750. The molecule has 88 valence electrons. The summed E-state index contributed by atoms with van der Waals surface area (Å²) in [6, 6.07) is -1.43. The Balaban J connectivity index is 4.90. The lowest BCUT2D eigenvalue weighted by Gasteiger charge is -2.27. The Morgan fingerprint density at radius 1 is 1.33 bits per heavy atom. The number of carbonyl (C=O) groups is 2. The molecule has 7 heteroatoms. The molecule has 0 fully saturated rings. The van der Waals surface area contributed by atoms with Crippen molar-refractivity contribution in [3.8, 4) is 0 Å². The van der Waals surface area contributed by atoms with Gasteiger partial charge in [-0.1, -0.05) is 6.92 Å². The molecule has 0 saturated heterocycles. The number of carboxylic acids is 1. The number of rotatable bonds is 4. The molecule has 0 spiro atoms. The highest BCUT2D eigenvalue weighted by Crippen LogP contribution is 2.20. The number of hydrogen-bond donors (Lipinski definition) is 1. The summed E-state index contributed by atoms with van der Waals surface area (Å²) in [5.41, 5.74) is 0. The van der Waals surface area contributed by atoms with Crippen LogP contribution in [0.1, 0.15) is 20.3 Å². The van der Waals surface area contributed by atoms with Gasteiger partial charge in [0.05, 0.1) is 0 Å². The monoisotopic (exact) mass is 227 g/mol. The number of carboxylic acid groups (broad SMARTS) is 1. The Labute approximate surface area is 84.7 Å². The van der Waals surface area contributed by atoms with Crippen LogP contribution in [0.5, 0.6) is 0 Å². The highest BCUT2D eigenvalue weighted by Gasteiger charge is 2.45. The SMILES string of the molecule is CCC(C(=O)O)N(CC)C(=O)C(F)(F)F. The van der Waals surface area contributed by atoms with Crippen molar-refractivity contribution in [3.05, 3.63) is 0 Å². The molecule has 15 heavy (non-hydrogen) atoms. The molecule has 1 unspecified atom stereocenters. The predicted molar refractivity (Wildman–Crippen MR) is 45.2 cm³/mol. The second kappa shape index (κ2) is 4.99. The predicted octanol–water partition coefficient (Wildman–Crippen LogP) is 1.26. The summed E-state index contributed by atoms with van der Waals surface area (Å²) >= 11 is 0. The van der Waals surface area contributed by atoms with Gasteiger partial charge in [-0.05, 0) is 13.3 Å². The molecule has 1 atom stereocenters. The lowest BCUT2D eigenvalue weighted by atomic mass is 10.2. The summed E-state index contributed by atoms with van der Waals surface area (Å²) in [5.74, 6) is -3.55. The summed E-state index contributed by atoms with van der Waals surface area (Å²) in [7, 11) is 0. The summed E-state index contributed by atoms with van der Waals surface area (Å²) in [6.45, 7) is 2.42. The van der Waals surface area contributed by atoms with Gasteiger partial charge in [0, 0.05) is 6.54 Å². The van der Waals surface area contributed by atoms with Gasteiger partial charge in [0.1, 0.15) is 6.04 Å². The number of likely N-dealkylation sites (N-methyl/N-ethyl adjacent to an activating group) is 1. The molecule has 0 rings (SSSR count). The number of hydrogen-bond acceptors (Lipinski definition) is 2. The molecule has 0 radical (unpaired) electrons. The van der Waals surface area contributed by atoms with Crippen molar-refractivity contribution in [2.75, 3.05) is 6.54 Å². The fourth-order valence-corrected chi connectivity index (χ4v) is 1.20. The van der Waals surface area contributed by atoms with Gasteiger partial charge >= 0.3 is 18.1 Å². The van der Waals surface area contributed by atoms with Crippen molar-refractivity contribution in [3.63, 3.8) is 0 Å². The molecule has 0 aliphatic heterocycles. The molecule has 0 aliphatic rings. The third-order valence-corrected chi connectivity index (χ3v) is 1.89. The molecular weight excluding hydrogens is 215 g/mol. The van der Waals surface area contributed by atoms with Crippen LogP contribution in [0, 0.1) is 0 Å². The van der Waals surface area contributed by atoms with Crippen LogP contribution in [-0.2, 0) is 9.59 Å². The average molecular weight is 227 g/mol. The Hall–Kier alpha value is -1.27. The molecule has 0 aromatic heterocycles. The highest BCUT2D eigenvalue weighted by atomic mass is 19.4. The van der Waals surface area contributed by atoms with Crippen LogP contribution >= 0.6 is 0 Å².